The van der Waals surface area contributed by atoms with E-state index in [1.165, 1.54) is 0 Å². The Morgan fingerprint density at radius 3 is 2.85 bits per heavy atom. The smallest absolute Gasteiger partial charge is 0.177 e. The zero-order chi connectivity index (χ0) is 18.7. The first-order chi connectivity index (χ1) is 12.6. The quantitative estimate of drug-likeness (QED) is 0.775. The van der Waals surface area contributed by atoms with Gasteiger partial charge in [-0.25, -0.2) is 14.4 Å². The van der Waals surface area contributed by atoms with E-state index in [4.69, 9.17) is 4.74 Å². The number of fused-ring (bicyclic) bond motifs is 1. The molecular weight excluding hydrogens is 331 g/mol. The summed E-state index contributed by atoms with van der Waals surface area (Å²) >= 11 is 0. The maximum Gasteiger partial charge on any atom is 0.177 e. The molecule has 0 saturated carbocycles. The predicted octanol–water partition coefficient (Wildman–Crippen LogP) is 4.85. The van der Waals surface area contributed by atoms with Crippen LogP contribution < -0.4 is 15.4 Å². The standard InChI is InChI=1S/C20H25FN4O/c1-5-7-13(6-2)17-18(21)20(24-15-8-9-26-19(15)17)25-16-11-14(22-4)10-12(3)23-16/h6,10-11H,5,7-9H2,1-4H3,(H2,22,23,24,25)/b13-6+. The molecular formula is C20H25FN4O. The molecule has 6 heteroatoms. The van der Waals surface area contributed by atoms with Gasteiger partial charge in [-0.15, -0.1) is 0 Å². The van der Waals surface area contributed by atoms with E-state index in [1.807, 2.05) is 39.1 Å². The first-order valence-corrected chi connectivity index (χ1v) is 9.01. The van der Waals surface area contributed by atoms with Crippen LogP contribution in [0.2, 0.25) is 0 Å². The van der Waals surface area contributed by atoms with Crippen molar-refractivity contribution in [1.29, 1.82) is 0 Å². The molecule has 0 amide bonds. The highest BCUT2D eigenvalue weighted by Gasteiger charge is 2.27. The summed E-state index contributed by atoms with van der Waals surface area (Å²) in [5.41, 5.74) is 4.01. The highest BCUT2D eigenvalue weighted by molar-refractivity contribution is 5.76. The Morgan fingerprint density at radius 1 is 1.35 bits per heavy atom. The molecule has 0 atom stereocenters. The third kappa shape index (κ3) is 3.49. The fourth-order valence-corrected chi connectivity index (χ4v) is 3.22. The lowest BCUT2D eigenvalue weighted by atomic mass is 9.99. The topological polar surface area (TPSA) is 59.1 Å². The summed E-state index contributed by atoms with van der Waals surface area (Å²) in [4.78, 5) is 8.91. The molecule has 0 saturated heterocycles. The molecule has 2 aromatic heterocycles. The van der Waals surface area contributed by atoms with Crippen molar-refractivity contribution >= 4 is 22.9 Å². The van der Waals surface area contributed by atoms with Gasteiger partial charge in [0.1, 0.15) is 5.82 Å². The summed E-state index contributed by atoms with van der Waals surface area (Å²) in [5, 5.41) is 6.14. The number of aromatic nitrogens is 2. The van der Waals surface area contributed by atoms with Crippen molar-refractivity contribution in [3.05, 3.63) is 41.0 Å². The van der Waals surface area contributed by atoms with Crippen LogP contribution in [0.3, 0.4) is 0 Å². The van der Waals surface area contributed by atoms with Gasteiger partial charge in [-0.1, -0.05) is 19.4 Å². The molecule has 2 N–H and O–H groups in total. The Kier molecular flexibility index (Phi) is 5.40. The molecule has 1 aliphatic heterocycles. The minimum atomic E-state index is -0.387. The van der Waals surface area contributed by atoms with Crippen molar-refractivity contribution in [2.45, 2.75) is 40.0 Å². The molecule has 1 aliphatic rings. The highest BCUT2D eigenvalue weighted by Crippen LogP contribution is 2.39. The van der Waals surface area contributed by atoms with Gasteiger partial charge in [0.05, 0.1) is 17.9 Å². The van der Waals surface area contributed by atoms with Crippen molar-refractivity contribution in [2.24, 2.45) is 0 Å². The molecule has 138 valence electrons. The van der Waals surface area contributed by atoms with Gasteiger partial charge < -0.3 is 15.4 Å². The number of hydrogen-bond donors (Lipinski definition) is 2. The van der Waals surface area contributed by atoms with Gasteiger partial charge in [-0.05, 0) is 31.9 Å². The van der Waals surface area contributed by atoms with Crippen LogP contribution in [0.1, 0.15) is 43.6 Å². The van der Waals surface area contributed by atoms with Crippen LogP contribution in [0, 0.1) is 12.7 Å². The zero-order valence-electron chi connectivity index (χ0n) is 15.7. The van der Waals surface area contributed by atoms with Crippen molar-refractivity contribution in [2.75, 3.05) is 24.3 Å². The number of aryl methyl sites for hydroxylation is 1. The number of nitrogens with zero attached hydrogens (tertiary/aromatic N) is 2. The van der Waals surface area contributed by atoms with Gasteiger partial charge in [0, 0.05) is 30.9 Å². The molecule has 0 bridgehead atoms. The molecule has 3 rings (SSSR count). The molecule has 0 spiro atoms. The molecule has 0 fully saturated rings. The summed E-state index contributed by atoms with van der Waals surface area (Å²) in [7, 11) is 1.84. The van der Waals surface area contributed by atoms with Crippen LogP contribution in [0.5, 0.6) is 5.75 Å². The van der Waals surface area contributed by atoms with Gasteiger partial charge in [0.25, 0.3) is 0 Å². The molecule has 3 heterocycles. The highest BCUT2D eigenvalue weighted by atomic mass is 19.1. The summed E-state index contributed by atoms with van der Waals surface area (Å²) in [5.74, 6) is 0.951. The van der Waals surface area contributed by atoms with Gasteiger partial charge >= 0.3 is 0 Å². The van der Waals surface area contributed by atoms with E-state index in [0.29, 0.717) is 30.2 Å². The lowest BCUT2D eigenvalue weighted by Crippen LogP contribution is -2.06. The van der Waals surface area contributed by atoms with Crippen LogP contribution in [0.15, 0.2) is 18.2 Å². The fourth-order valence-electron chi connectivity index (χ4n) is 3.22. The number of hydrogen-bond acceptors (Lipinski definition) is 5. The zero-order valence-corrected chi connectivity index (χ0v) is 15.7. The number of rotatable bonds is 6. The van der Waals surface area contributed by atoms with Crippen molar-refractivity contribution in [1.82, 2.24) is 9.97 Å². The maximum atomic E-state index is 15.4. The van der Waals surface area contributed by atoms with Gasteiger partial charge in [0.15, 0.2) is 17.4 Å². The van der Waals surface area contributed by atoms with E-state index in [9.17, 15) is 0 Å². The normalized spacial score (nSPS) is 13.3. The maximum absolute atomic E-state index is 15.4. The molecule has 5 nitrogen and oxygen atoms in total. The van der Waals surface area contributed by atoms with Crippen molar-refractivity contribution in [3.63, 3.8) is 0 Å². The molecule has 2 aromatic rings. The largest absolute Gasteiger partial charge is 0.491 e. The van der Waals surface area contributed by atoms with Crippen LogP contribution in [-0.2, 0) is 6.42 Å². The predicted molar refractivity (Wildman–Crippen MR) is 104 cm³/mol. The average Bonchev–Trinajstić information content (AvgIpc) is 3.08. The summed E-state index contributed by atoms with van der Waals surface area (Å²) in [6, 6.07) is 3.76. The monoisotopic (exact) mass is 356 g/mol. The molecule has 0 radical (unpaired) electrons. The second kappa shape index (κ2) is 7.72. The number of halogens is 1. The Balaban J connectivity index is 2.07. The Hall–Kier alpha value is -2.63. The summed E-state index contributed by atoms with van der Waals surface area (Å²) < 4.78 is 21.1. The van der Waals surface area contributed by atoms with E-state index in [2.05, 4.69) is 27.5 Å². The fraction of sp³-hybridized carbons (Fsp3) is 0.400. The SMILES string of the molecule is C/C=C(\CCC)c1c(F)c(Nc2cc(NC)cc(C)n2)nc2c1OCC2. The minimum Gasteiger partial charge on any atom is -0.491 e. The van der Waals surface area contributed by atoms with Crippen molar-refractivity contribution in [3.8, 4) is 5.75 Å². The average molecular weight is 356 g/mol. The number of nitrogens with one attached hydrogen (secondary N) is 2. The number of anilines is 3. The van der Waals surface area contributed by atoms with Gasteiger partial charge in [-0.3, -0.25) is 0 Å². The Morgan fingerprint density at radius 2 is 2.15 bits per heavy atom. The van der Waals surface area contributed by atoms with Gasteiger partial charge in [-0.2, -0.15) is 0 Å². The van der Waals surface area contributed by atoms with E-state index in [-0.39, 0.29) is 11.6 Å². The van der Waals surface area contributed by atoms with Crippen LogP contribution in [-0.4, -0.2) is 23.6 Å². The number of ether oxygens (including phenoxy) is 1. The second-order valence-electron chi connectivity index (χ2n) is 6.35. The third-order valence-corrected chi connectivity index (χ3v) is 4.43. The first-order valence-electron chi connectivity index (χ1n) is 9.01. The lowest BCUT2D eigenvalue weighted by Gasteiger charge is -2.16. The van der Waals surface area contributed by atoms with E-state index < -0.39 is 0 Å². The Bertz CT molecular complexity index is 848. The van der Waals surface area contributed by atoms with Crippen LogP contribution >= 0.6 is 0 Å². The van der Waals surface area contributed by atoms with E-state index in [0.717, 1.165) is 35.5 Å². The summed E-state index contributed by atoms with van der Waals surface area (Å²) in [6.45, 7) is 6.45. The van der Waals surface area contributed by atoms with E-state index in [1.54, 1.807) is 0 Å². The first kappa shape index (κ1) is 18.2. The Labute approximate surface area is 153 Å². The van der Waals surface area contributed by atoms with Crippen LogP contribution in [0.4, 0.5) is 21.7 Å². The molecule has 0 aromatic carbocycles. The molecule has 0 unspecified atom stereocenters. The molecule has 0 aliphatic carbocycles. The number of allylic oxidation sites excluding steroid dienone is 2. The molecule has 26 heavy (non-hydrogen) atoms. The minimum absolute atomic E-state index is 0.194. The van der Waals surface area contributed by atoms with Gasteiger partial charge in [0.2, 0.25) is 0 Å². The second-order valence-corrected chi connectivity index (χ2v) is 6.35. The van der Waals surface area contributed by atoms with E-state index >= 15 is 4.39 Å². The van der Waals surface area contributed by atoms with Crippen molar-refractivity contribution < 1.29 is 9.13 Å². The lowest BCUT2D eigenvalue weighted by molar-refractivity contribution is 0.354. The number of pyridine rings is 2. The third-order valence-electron chi connectivity index (χ3n) is 4.43. The summed E-state index contributed by atoms with van der Waals surface area (Å²) in [6.07, 6.45) is 4.37. The van der Waals surface area contributed by atoms with Crippen LogP contribution in [0.25, 0.3) is 5.57 Å².